The van der Waals surface area contributed by atoms with Gasteiger partial charge in [-0.1, -0.05) is 30.3 Å². The summed E-state index contributed by atoms with van der Waals surface area (Å²) in [7, 11) is 0. The number of morpholine rings is 1. The standard InChI is InChI=1S/C25H28N4O4/c30-23-9-8-22(24(31)27-23)29-16-20-19(25(29)32)2-1-3-21(20)26-14-17-4-6-18(7-5-17)15-28-10-12-33-13-11-28/h1-7,22,26H,8-16H2,(H,27,30,31)/t22-/m0/s1/i14D2,15D2,16D2,22D. The molecule has 5 rings (SSSR count). The second-order valence-corrected chi connectivity index (χ2v) is 7.84. The molecule has 2 fully saturated rings. The number of piperidine rings is 1. The van der Waals surface area contributed by atoms with Gasteiger partial charge in [0.1, 0.15) is 6.02 Å². The number of anilines is 1. The predicted octanol–water partition coefficient (Wildman–Crippen LogP) is 1.89. The number of nitrogens with zero attached hydrogens (tertiary/aromatic N) is 2. The van der Waals surface area contributed by atoms with Gasteiger partial charge in [-0.15, -0.1) is 0 Å². The van der Waals surface area contributed by atoms with Crippen LogP contribution in [0.25, 0.3) is 0 Å². The number of ether oxygens (including phenoxy) is 1. The van der Waals surface area contributed by atoms with Crippen molar-refractivity contribution in [1.82, 2.24) is 15.1 Å². The summed E-state index contributed by atoms with van der Waals surface area (Å²) in [6.07, 6.45) is -0.622. The zero-order valence-electron chi connectivity index (χ0n) is 24.8. The van der Waals surface area contributed by atoms with Crippen molar-refractivity contribution in [2.75, 3.05) is 31.6 Å². The Kier molecular flexibility index (Phi) is 4.19. The Morgan fingerprint density at radius 3 is 2.64 bits per heavy atom. The quantitative estimate of drug-likeness (QED) is 0.647. The van der Waals surface area contributed by atoms with Crippen LogP contribution in [0.5, 0.6) is 0 Å². The molecule has 3 amide bonds. The van der Waals surface area contributed by atoms with Gasteiger partial charge in [0, 0.05) is 58.6 Å². The molecule has 2 aromatic carbocycles. The van der Waals surface area contributed by atoms with E-state index in [0.29, 0.717) is 36.8 Å². The lowest BCUT2D eigenvalue weighted by Gasteiger charge is -2.29. The van der Waals surface area contributed by atoms with Crippen molar-refractivity contribution < 1.29 is 28.7 Å². The highest BCUT2D eigenvalue weighted by atomic mass is 16.5. The molecule has 0 bridgehead atoms. The summed E-state index contributed by atoms with van der Waals surface area (Å²) >= 11 is 0. The second-order valence-electron chi connectivity index (χ2n) is 7.84. The summed E-state index contributed by atoms with van der Waals surface area (Å²) in [5, 5.41) is 4.67. The Morgan fingerprint density at radius 1 is 1.12 bits per heavy atom. The van der Waals surface area contributed by atoms with Gasteiger partial charge in [0.15, 0.2) is 0 Å². The molecule has 3 aliphatic heterocycles. The zero-order chi connectivity index (χ0) is 29.1. The molecule has 0 saturated carbocycles. The topological polar surface area (TPSA) is 91.0 Å². The van der Waals surface area contributed by atoms with Crippen LogP contribution in [0.15, 0.2) is 42.5 Å². The molecule has 0 radical (unpaired) electrons. The average Bonchev–Trinajstić information content (AvgIpc) is 3.12. The maximum atomic E-state index is 13.3. The highest BCUT2D eigenvalue weighted by Gasteiger charge is 2.39. The fraction of sp³-hybridized carbons (Fsp3) is 0.400. The van der Waals surface area contributed by atoms with Gasteiger partial charge in [-0.3, -0.25) is 24.6 Å². The number of carbonyl (C=O) groups excluding carboxylic acids is 3. The molecule has 0 aliphatic carbocycles. The lowest BCUT2D eigenvalue weighted by Crippen LogP contribution is -2.52. The predicted molar refractivity (Wildman–Crippen MR) is 122 cm³/mol. The van der Waals surface area contributed by atoms with Gasteiger partial charge >= 0.3 is 0 Å². The van der Waals surface area contributed by atoms with Crippen molar-refractivity contribution in [3.05, 3.63) is 64.7 Å². The number of amides is 3. The third kappa shape index (κ3) is 4.62. The summed E-state index contributed by atoms with van der Waals surface area (Å²) < 4.78 is 66.0. The minimum absolute atomic E-state index is 0.0491. The van der Waals surface area contributed by atoms with Gasteiger partial charge in [-0.05, 0) is 29.7 Å². The van der Waals surface area contributed by atoms with Crippen LogP contribution in [-0.2, 0) is 33.8 Å². The van der Waals surface area contributed by atoms with Gasteiger partial charge < -0.3 is 15.0 Å². The normalized spacial score (nSPS) is 28.9. The van der Waals surface area contributed by atoms with E-state index >= 15 is 0 Å². The third-order valence-corrected chi connectivity index (χ3v) is 5.62. The van der Waals surface area contributed by atoms with Gasteiger partial charge in [0.2, 0.25) is 11.8 Å². The van der Waals surface area contributed by atoms with Gasteiger partial charge in [0.25, 0.3) is 5.91 Å². The number of hydrogen-bond acceptors (Lipinski definition) is 6. The van der Waals surface area contributed by atoms with Crippen LogP contribution in [0.1, 0.15) is 49.5 Å². The van der Waals surface area contributed by atoms with E-state index in [1.165, 1.54) is 42.5 Å². The molecule has 3 aliphatic rings. The Labute approximate surface area is 202 Å². The largest absolute Gasteiger partial charge is 0.381 e. The Bertz CT molecular complexity index is 1370. The molecule has 2 saturated heterocycles. The molecular weight excluding hydrogens is 420 g/mol. The molecule has 2 N–H and O–H groups in total. The number of carbonyl (C=O) groups is 3. The van der Waals surface area contributed by atoms with Crippen molar-refractivity contribution in [2.45, 2.75) is 38.4 Å². The first-order chi connectivity index (χ1) is 18.7. The molecule has 1 atom stereocenters. The lowest BCUT2D eigenvalue weighted by molar-refractivity contribution is -0.136. The van der Waals surface area contributed by atoms with Crippen LogP contribution in [-0.4, -0.2) is 59.8 Å². The number of nitrogens with one attached hydrogen (secondary N) is 2. The number of rotatable bonds is 6. The Morgan fingerprint density at radius 2 is 1.88 bits per heavy atom. The van der Waals surface area contributed by atoms with E-state index in [9.17, 15) is 14.4 Å². The SMILES string of the molecule is [2H]C([2H])(Nc1cccc2c1C([2H])([2H])N([C@@]1([2H])CCC(=O)NC1=O)C2=O)c1ccc(C([2H])([2H])N2CCOCC2)cc1. The second kappa shape index (κ2) is 9.33. The van der Waals surface area contributed by atoms with Crippen molar-refractivity contribution in [1.29, 1.82) is 0 Å². The minimum Gasteiger partial charge on any atom is -0.381 e. The summed E-state index contributed by atoms with van der Waals surface area (Å²) in [6, 6.07) is 7.69. The van der Waals surface area contributed by atoms with E-state index in [0.717, 1.165) is 0 Å². The monoisotopic (exact) mass is 455 g/mol. The van der Waals surface area contributed by atoms with Gasteiger partial charge in [-0.2, -0.15) is 0 Å². The number of fused-ring (bicyclic) bond motifs is 1. The van der Waals surface area contributed by atoms with E-state index in [2.05, 4.69) is 5.32 Å². The van der Waals surface area contributed by atoms with E-state index < -0.39 is 43.2 Å². The number of imide groups is 1. The lowest BCUT2D eigenvalue weighted by atomic mass is 10.0. The van der Waals surface area contributed by atoms with Gasteiger partial charge in [0.05, 0.1) is 20.1 Å². The molecule has 0 unspecified atom stereocenters. The summed E-state index contributed by atoms with van der Waals surface area (Å²) in [5.41, 5.74) is 0.0798. The van der Waals surface area contributed by atoms with E-state index in [4.69, 9.17) is 14.3 Å². The molecule has 2 aromatic rings. The first-order valence-electron chi connectivity index (χ1n) is 14.2. The van der Waals surface area contributed by atoms with Crippen molar-refractivity contribution >= 4 is 23.4 Å². The maximum absolute atomic E-state index is 13.3. The zero-order valence-corrected chi connectivity index (χ0v) is 17.8. The van der Waals surface area contributed by atoms with E-state index in [1.54, 1.807) is 4.90 Å². The van der Waals surface area contributed by atoms with Crippen LogP contribution < -0.4 is 10.6 Å². The summed E-state index contributed by atoms with van der Waals surface area (Å²) in [4.78, 5) is 39.7. The summed E-state index contributed by atoms with van der Waals surface area (Å²) in [5.74, 6) is -2.63. The fourth-order valence-corrected chi connectivity index (χ4v) is 3.87. The van der Waals surface area contributed by atoms with Crippen molar-refractivity contribution in [3.8, 4) is 0 Å². The average molecular weight is 456 g/mol. The van der Waals surface area contributed by atoms with Crippen LogP contribution in [0, 0.1) is 0 Å². The molecule has 0 spiro atoms. The molecule has 172 valence electrons. The third-order valence-electron chi connectivity index (χ3n) is 5.62. The van der Waals surface area contributed by atoms with Crippen LogP contribution in [0.3, 0.4) is 0 Å². The van der Waals surface area contributed by atoms with Crippen LogP contribution in [0.2, 0.25) is 0 Å². The van der Waals surface area contributed by atoms with Crippen LogP contribution >= 0.6 is 0 Å². The minimum atomic E-state index is -2.68. The van der Waals surface area contributed by atoms with E-state index in [1.807, 2.05) is 5.32 Å². The number of benzene rings is 2. The Balaban J connectivity index is 1.43. The summed E-state index contributed by atoms with van der Waals surface area (Å²) in [6.45, 7) is -5.06. The van der Waals surface area contributed by atoms with Crippen molar-refractivity contribution in [3.63, 3.8) is 0 Å². The number of hydrogen-bond donors (Lipinski definition) is 2. The molecule has 8 heteroatoms. The molecular formula is C25H28N4O4. The van der Waals surface area contributed by atoms with E-state index in [-0.39, 0.29) is 35.2 Å². The van der Waals surface area contributed by atoms with Crippen molar-refractivity contribution in [2.24, 2.45) is 0 Å². The van der Waals surface area contributed by atoms with Gasteiger partial charge in [-0.25, -0.2) is 0 Å². The Hall–Kier alpha value is -3.23. The first-order valence-corrected chi connectivity index (χ1v) is 10.7. The highest BCUT2D eigenvalue weighted by molar-refractivity contribution is 6.06. The highest BCUT2D eigenvalue weighted by Crippen LogP contribution is 2.32. The van der Waals surface area contributed by atoms with Crippen LogP contribution in [0.4, 0.5) is 5.69 Å². The molecule has 0 aromatic heterocycles. The molecule has 3 heterocycles. The first kappa shape index (κ1) is 14.8. The maximum Gasteiger partial charge on any atom is 0.255 e. The molecule has 33 heavy (non-hydrogen) atoms. The fourth-order valence-electron chi connectivity index (χ4n) is 3.87. The molecule has 8 nitrogen and oxygen atoms in total. The smallest absolute Gasteiger partial charge is 0.255 e.